The molecule has 0 aliphatic carbocycles. The fourth-order valence-corrected chi connectivity index (χ4v) is 2.07. The smallest absolute Gasteiger partial charge is 0.408 e. The predicted octanol–water partition coefficient (Wildman–Crippen LogP) is 0.666. The van der Waals surface area contributed by atoms with Gasteiger partial charge >= 0.3 is 5.76 Å². The summed E-state index contributed by atoms with van der Waals surface area (Å²) in [6.07, 6.45) is 0. The van der Waals surface area contributed by atoms with Crippen molar-refractivity contribution in [2.24, 2.45) is 0 Å². The average molecular weight is 278 g/mol. The number of H-pyrrole nitrogens is 1. The Morgan fingerprint density at radius 1 is 1.45 bits per heavy atom. The maximum absolute atomic E-state index is 11.7. The molecule has 0 saturated heterocycles. The number of carbonyl (C=O) groups is 1. The third-order valence-electron chi connectivity index (χ3n) is 3.00. The molecule has 2 rings (SSSR count). The molecule has 20 heavy (non-hydrogen) atoms. The topological polar surface area (TPSA) is 104 Å². The molecule has 0 aliphatic heterocycles. The number of fused-ring (bicyclic) bond motifs is 1. The Morgan fingerprint density at radius 3 is 2.85 bits per heavy atom. The van der Waals surface area contributed by atoms with Crippen molar-refractivity contribution in [3.05, 3.63) is 22.7 Å². The van der Waals surface area contributed by atoms with E-state index >= 15 is 0 Å². The summed E-state index contributed by atoms with van der Waals surface area (Å²) in [6.45, 7) is 5.21. The molecule has 0 unspecified atom stereocenters. The number of anilines is 2. The number of nitrogen functional groups attached to an aromatic ring is 1. The Hall–Kier alpha value is -2.44. The highest BCUT2D eigenvalue weighted by Crippen LogP contribution is 2.27. The highest BCUT2D eigenvalue weighted by atomic mass is 16.4. The van der Waals surface area contributed by atoms with Crippen molar-refractivity contribution in [1.82, 2.24) is 10.3 Å². The van der Waals surface area contributed by atoms with Gasteiger partial charge in [-0.05, 0) is 19.9 Å². The van der Waals surface area contributed by atoms with Crippen LogP contribution in [0, 0.1) is 0 Å². The van der Waals surface area contributed by atoms with Crippen LogP contribution < -0.4 is 21.7 Å². The summed E-state index contributed by atoms with van der Waals surface area (Å²) in [5.74, 6) is -0.599. The van der Waals surface area contributed by atoms with Crippen LogP contribution in [0.4, 0.5) is 11.4 Å². The lowest BCUT2D eigenvalue weighted by atomic mass is 10.2. The van der Waals surface area contributed by atoms with Gasteiger partial charge in [0.25, 0.3) is 0 Å². The first-order chi connectivity index (χ1) is 9.55. The van der Waals surface area contributed by atoms with E-state index in [1.807, 2.05) is 18.7 Å². The van der Waals surface area contributed by atoms with E-state index in [1.54, 1.807) is 12.1 Å². The number of aromatic nitrogens is 1. The molecule has 0 fully saturated rings. The third-order valence-corrected chi connectivity index (χ3v) is 3.00. The molecule has 4 N–H and O–H groups in total. The molecule has 2 aromatic rings. The molecular weight excluding hydrogens is 260 g/mol. The average Bonchev–Trinajstić information content (AvgIpc) is 2.74. The summed E-state index contributed by atoms with van der Waals surface area (Å²) in [5.41, 5.74) is 8.11. The maximum Gasteiger partial charge on any atom is 0.417 e. The first kappa shape index (κ1) is 14.0. The normalized spacial score (nSPS) is 10.7. The van der Waals surface area contributed by atoms with E-state index in [1.165, 1.54) is 0 Å². The van der Waals surface area contributed by atoms with Gasteiger partial charge in [0.1, 0.15) is 0 Å². The molecule has 1 heterocycles. The zero-order chi connectivity index (χ0) is 14.7. The number of hydrogen-bond acceptors (Lipinski definition) is 5. The number of nitrogens with one attached hydrogen (secondary N) is 2. The number of hydrogen-bond donors (Lipinski definition) is 3. The quantitative estimate of drug-likeness (QED) is 0.697. The summed E-state index contributed by atoms with van der Waals surface area (Å²) < 4.78 is 4.95. The summed E-state index contributed by atoms with van der Waals surface area (Å²) in [6, 6.07) is 3.31. The van der Waals surface area contributed by atoms with Crippen LogP contribution in [0.2, 0.25) is 0 Å². The zero-order valence-corrected chi connectivity index (χ0v) is 11.5. The van der Waals surface area contributed by atoms with Crippen LogP contribution in [0.5, 0.6) is 0 Å². The molecule has 0 atom stereocenters. The minimum atomic E-state index is -0.525. The number of carbonyl (C=O) groups excluding carboxylic acids is 1. The number of nitrogens with two attached hydrogens (primary N) is 1. The van der Waals surface area contributed by atoms with Gasteiger partial charge in [-0.25, -0.2) is 4.79 Å². The molecule has 0 bridgehead atoms. The minimum absolute atomic E-state index is 0.0745. The standard InChI is InChI=1S/C13H18N4O3/c1-3-15-12(18)7-17(4-2)10-6-9-11(5-8(10)14)20-13(19)16-9/h5-6H,3-4,7,14H2,1-2H3,(H,15,18)(H,16,19). The van der Waals surface area contributed by atoms with E-state index in [2.05, 4.69) is 10.3 Å². The van der Waals surface area contributed by atoms with Gasteiger partial charge in [-0.15, -0.1) is 0 Å². The first-order valence-corrected chi connectivity index (χ1v) is 6.49. The second-order valence-corrected chi connectivity index (χ2v) is 4.39. The summed E-state index contributed by atoms with van der Waals surface area (Å²) in [4.78, 5) is 27.3. The summed E-state index contributed by atoms with van der Waals surface area (Å²) in [5, 5.41) is 2.74. The first-order valence-electron chi connectivity index (χ1n) is 6.49. The monoisotopic (exact) mass is 278 g/mol. The molecule has 1 amide bonds. The van der Waals surface area contributed by atoms with Crippen molar-refractivity contribution in [2.75, 3.05) is 30.3 Å². The minimum Gasteiger partial charge on any atom is -0.408 e. The van der Waals surface area contributed by atoms with Crippen LogP contribution in [0.1, 0.15) is 13.8 Å². The molecule has 1 aromatic heterocycles. The SMILES string of the molecule is CCNC(=O)CN(CC)c1cc2[nH]c(=O)oc2cc1N. The Balaban J connectivity index is 2.35. The van der Waals surface area contributed by atoms with Gasteiger partial charge in [-0.3, -0.25) is 9.78 Å². The van der Waals surface area contributed by atoms with Gasteiger partial charge in [0.05, 0.1) is 23.4 Å². The van der Waals surface area contributed by atoms with Crippen LogP contribution in [0.15, 0.2) is 21.3 Å². The fraction of sp³-hybridized carbons (Fsp3) is 0.385. The van der Waals surface area contributed by atoms with Gasteiger partial charge in [-0.1, -0.05) is 0 Å². The molecule has 7 heteroatoms. The second-order valence-electron chi connectivity index (χ2n) is 4.39. The second kappa shape index (κ2) is 5.68. The van der Waals surface area contributed by atoms with Gasteiger partial charge in [0.15, 0.2) is 5.58 Å². The van der Waals surface area contributed by atoms with E-state index in [0.29, 0.717) is 35.6 Å². The number of likely N-dealkylation sites (N-methyl/N-ethyl adjacent to an activating group) is 2. The van der Waals surface area contributed by atoms with Crippen molar-refractivity contribution in [2.45, 2.75) is 13.8 Å². The molecule has 108 valence electrons. The molecule has 0 spiro atoms. The molecule has 7 nitrogen and oxygen atoms in total. The van der Waals surface area contributed by atoms with E-state index in [-0.39, 0.29) is 12.5 Å². The van der Waals surface area contributed by atoms with E-state index < -0.39 is 5.76 Å². The molecule has 1 aromatic carbocycles. The number of benzene rings is 1. The van der Waals surface area contributed by atoms with Gasteiger partial charge in [0.2, 0.25) is 5.91 Å². The summed E-state index contributed by atoms with van der Waals surface area (Å²) in [7, 11) is 0. The van der Waals surface area contributed by atoms with Crippen molar-refractivity contribution in [3.63, 3.8) is 0 Å². The van der Waals surface area contributed by atoms with E-state index in [0.717, 1.165) is 0 Å². The van der Waals surface area contributed by atoms with Gasteiger partial charge < -0.3 is 20.4 Å². The van der Waals surface area contributed by atoms with Crippen LogP contribution in [-0.2, 0) is 4.79 Å². The lowest BCUT2D eigenvalue weighted by Gasteiger charge is -2.23. The fourth-order valence-electron chi connectivity index (χ4n) is 2.07. The largest absolute Gasteiger partial charge is 0.417 e. The van der Waals surface area contributed by atoms with Crippen molar-refractivity contribution >= 4 is 28.4 Å². The number of aromatic amines is 1. The van der Waals surface area contributed by atoms with Crippen molar-refractivity contribution < 1.29 is 9.21 Å². The Bertz CT molecular complexity index is 674. The predicted molar refractivity (Wildman–Crippen MR) is 77.8 cm³/mol. The highest BCUT2D eigenvalue weighted by Gasteiger charge is 2.14. The van der Waals surface area contributed by atoms with Crippen LogP contribution in [0.25, 0.3) is 11.1 Å². The molecule has 0 saturated carbocycles. The number of rotatable bonds is 5. The number of amides is 1. The number of nitrogens with zero attached hydrogens (tertiary/aromatic N) is 1. The van der Waals surface area contributed by atoms with E-state index in [4.69, 9.17) is 10.2 Å². The van der Waals surface area contributed by atoms with E-state index in [9.17, 15) is 9.59 Å². The molecular formula is C13H18N4O3. The Morgan fingerprint density at radius 2 is 2.20 bits per heavy atom. The molecule has 0 aliphatic rings. The number of oxazole rings is 1. The van der Waals surface area contributed by atoms with Gasteiger partial charge in [-0.2, -0.15) is 0 Å². The third kappa shape index (κ3) is 2.76. The Labute approximate surface area is 115 Å². The van der Waals surface area contributed by atoms with Crippen molar-refractivity contribution in [1.29, 1.82) is 0 Å². The van der Waals surface area contributed by atoms with Crippen LogP contribution >= 0.6 is 0 Å². The summed E-state index contributed by atoms with van der Waals surface area (Å²) >= 11 is 0. The van der Waals surface area contributed by atoms with Gasteiger partial charge in [0, 0.05) is 19.2 Å². The lowest BCUT2D eigenvalue weighted by Crippen LogP contribution is -2.37. The highest BCUT2D eigenvalue weighted by molar-refractivity contribution is 5.88. The van der Waals surface area contributed by atoms with Crippen LogP contribution in [0.3, 0.4) is 0 Å². The van der Waals surface area contributed by atoms with Crippen LogP contribution in [-0.4, -0.2) is 30.5 Å². The molecule has 0 radical (unpaired) electrons. The lowest BCUT2D eigenvalue weighted by molar-refractivity contribution is -0.119. The maximum atomic E-state index is 11.7. The Kier molecular flexibility index (Phi) is 3.97. The zero-order valence-electron chi connectivity index (χ0n) is 11.5. The van der Waals surface area contributed by atoms with Crippen molar-refractivity contribution in [3.8, 4) is 0 Å².